The molecular weight excluding hydrogens is 242 g/mol. The summed E-state index contributed by atoms with van der Waals surface area (Å²) in [5, 5.41) is 0. The lowest BCUT2D eigenvalue weighted by atomic mass is 10.1. The summed E-state index contributed by atoms with van der Waals surface area (Å²) in [5.74, 6) is -0.333. The number of benzene rings is 1. The van der Waals surface area contributed by atoms with Crippen molar-refractivity contribution < 1.29 is 9.53 Å². The van der Waals surface area contributed by atoms with E-state index in [2.05, 4.69) is 16.8 Å². The summed E-state index contributed by atoms with van der Waals surface area (Å²) in [6.45, 7) is 3.92. The molecule has 1 aliphatic heterocycles. The van der Waals surface area contributed by atoms with Gasteiger partial charge in [0.25, 0.3) is 0 Å². The first-order chi connectivity index (χ1) is 9.11. The van der Waals surface area contributed by atoms with Gasteiger partial charge in [0.1, 0.15) is 0 Å². The Labute approximate surface area is 113 Å². The lowest BCUT2D eigenvalue weighted by Crippen LogP contribution is -2.30. The summed E-state index contributed by atoms with van der Waals surface area (Å²) in [6, 6.07) is 5.43. The Balaban J connectivity index is 2.30. The second-order valence-electron chi connectivity index (χ2n) is 4.91. The number of hydrogen-bond acceptors (Lipinski definition) is 5. The van der Waals surface area contributed by atoms with E-state index in [4.69, 9.17) is 10.5 Å². The van der Waals surface area contributed by atoms with Gasteiger partial charge in [-0.3, -0.25) is 0 Å². The maximum Gasteiger partial charge on any atom is 0.340 e. The molecule has 0 saturated carbocycles. The SMILES string of the molecule is COC(=O)c1cc(N)ccc1N1CCCN(C)CC1. The van der Waals surface area contributed by atoms with Crippen molar-refractivity contribution >= 4 is 17.3 Å². The van der Waals surface area contributed by atoms with Crippen molar-refractivity contribution in [2.75, 3.05) is 51.0 Å². The Hall–Kier alpha value is -1.75. The van der Waals surface area contributed by atoms with Crippen LogP contribution < -0.4 is 10.6 Å². The number of rotatable bonds is 2. The summed E-state index contributed by atoms with van der Waals surface area (Å²) < 4.78 is 4.84. The molecule has 2 rings (SSSR count). The summed E-state index contributed by atoms with van der Waals surface area (Å²) in [7, 11) is 3.51. The number of nitrogen functional groups attached to an aromatic ring is 1. The van der Waals surface area contributed by atoms with Crippen LogP contribution in [0.3, 0.4) is 0 Å². The number of likely N-dealkylation sites (N-methyl/N-ethyl adjacent to an activating group) is 1. The molecule has 0 aliphatic carbocycles. The fraction of sp³-hybridized carbons (Fsp3) is 0.500. The average molecular weight is 263 g/mol. The monoisotopic (exact) mass is 263 g/mol. The predicted molar refractivity (Wildman–Crippen MR) is 76.5 cm³/mol. The Morgan fingerprint density at radius 3 is 2.79 bits per heavy atom. The number of hydrogen-bond donors (Lipinski definition) is 1. The van der Waals surface area contributed by atoms with Gasteiger partial charge in [-0.05, 0) is 38.2 Å². The molecule has 5 nitrogen and oxygen atoms in total. The van der Waals surface area contributed by atoms with E-state index in [1.807, 2.05) is 12.1 Å². The highest BCUT2D eigenvalue weighted by molar-refractivity contribution is 5.97. The molecule has 1 saturated heterocycles. The summed E-state index contributed by atoms with van der Waals surface area (Å²) in [4.78, 5) is 16.4. The molecule has 0 atom stereocenters. The van der Waals surface area contributed by atoms with Crippen LogP contribution in [0.15, 0.2) is 18.2 Å². The number of nitrogens with two attached hydrogens (primary N) is 1. The van der Waals surface area contributed by atoms with E-state index in [0.717, 1.165) is 38.3 Å². The summed E-state index contributed by atoms with van der Waals surface area (Å²) in [6.07, 6.45) is 1.08. The second-order valence-corrected chi connectivity index (χ2v) is 4.91. The highest BCUT2D eigenvalue weighted by Crippen LogP contribution is 2.25. The Bertz CT molecular complexity index is 462. The molecule has 0 amide bonds. The van der Waals surface area contributed by atoms with Crippen LogP contribution in [0, 0.1) is 0 Å². The number of nitrogens with zero attached hydrogens (tertiary/aromatic N) is 2. The molecule has 1 aliphatic rings. The molecule has 2 N–H and O–H groups in total. The molecule has 0 bridgehead atoms. The first-order valence-electron chi connectivity index (χ1n) is 6.53. The Morgan fingerprint density at radius 1 is 1.26 bits per heavy atom. The maximum atomic E-state index is 11.9. The number of anilines is 2. The van der Waals surface area contributed by atoms with Crippen molar-refractivity contribution in [2.45, 2.75) is 6.42 Å². The van der Waals surface area contributed by atoms with Gasteiger partial charge in [0.05, 0.1) is 18.4 Å². The van der Waals surface area contributed by atoms with Gasteiger partial charge in [-0.25, -0.2) is 4.79 Å². The Morgan fingerprint density at radius 2 is 2.05 bits per heavy atom. The van der Waals surface area contributed by atoms with E-state index in [-0.39, 0.29) is 5.97 Å². The van der Waals surface area contributed by atoms with Gasteiger partial charge in [-0.2, -0.15) is 0 Å². The van der Waals surface area contributed by atoms with Gasteiger partial charge in [0, 0.05) is 25.3 Å². The summed E-state index contributed by atoms with van der Waals surface area (Å²) in [5.41, 5.74) is 7.81. The standard InChI is InChI=1S/C14H21N3O2/c1-16-6-3-7-17(9-8-16)13-5-4-11(15)10-12(13)14(18)19-2/h4-5,10H,3,6-9,15H2,1-2H3. The van der Waals surface area contributed by atoms with Crippen molar-refractivity contribution in [1.29, 1.82) is 0 Å². The normalized spacial score (nSPS) is 17.1. The highest BCUT2D eigenvalue weighted by Gasteiger charge is 2.19. The number of methoxy groups -OCH3 is 1. The van der Waals surface area contributed by atoms with Crippen molar-refractivity contribution in [3.8, 4) is 0 Å². The van der Waals surface area contributed by atoms with E-state index in [1.165, 1.54) is 7.11 Å². The molecule has 0 spiro atoms. The average Bonchev–Trinajstić information content (AvgIpc) is 2.62. The van der Waals surface area contributed by atoms with Gasteiger partial charge in [0.15, 0.2) is 0 Å². The number of carbonyl (C=O) groups is 1. The van der Waals surface area contributed by atoms with Crippen LogP contribution in [0.4, 0.5) is 11.4 Å². The molecule has 5 heteroatoms. The molecule has 104 valence electrons. The third-order valence-corrected chi connectivity index (χ3v) is 3.49. The molecule has 1 aromatic carbocycles. The van der Waals surface area contributed by atoms with Gasteiger partial charge in [-0.15, -0.1) is 0 Å². The minimum Gasteiger partial charge on any atom is -0.465 e. The minimum absolute atomic E-state index is 0.333. The van der Waals surface area contributed by atoms with Crippen LogP contribution in [0.1, 0.15) is 16.8 Å². The molecule has 0 aromatic heterocycles. The van der Waals surface area contributed by atoms with E-state index in [0.29, 0.717) is 11.3 Å². The molecule has 1 fully saturated rings. The summed E-state index contributed by atoms with van der Waals surface area (Å²) >= 11 is 0. The molecule has 0 radical (unpaired) electrons. The fourth-order valence-electron chi connectivity index (χ4n) is 2.39. The second kappa shape index (κ2) is 5.93. The third-order valence-electron chi connectivity index (χ3n) is 3.49. The third kappa shape index (κ3) is 3.17. The van der Waals surface area contributed by atoms with Crippen molar-refractivity contribution in [1.82, 2.24) is 4.90 Å². The van der Waals surface area contributed by atoms with Crippen LogP contribution in [-0.2, 0) is 4.74 Å². The van der Waals surface area contributed by atoms with Gasteiger partial charge >= 0.3 is 5.97 Å². The largest absolute Gasteiger partial charge is 0.465 e. The Kier molecular flexibility index (Phi) is 4.27. The number of ether oxygens (including phenoxy) is 1. The molecule has 1 aromatic rings. The number of esters is 1. The minimum atomic E-state index is -0.333. The number of carbonyl (C=O) groups excluding carboxylic acids is 1. The van der Waals surface area contributed by atoms with Crippen LogP contribution >= 0.6 is 0 Å². The van der Waals surface area contributed by atoms with Gasteiger partial charge in [-0.1, -0.05) is 0 Å². The van der Waals surface area contributed by atoms with E-state index < -0.39 is 0 Å². The fourth-order valence-corrected chi connectivity index (χ4v) is 2.39. The van der Waals surface area contributed by atoms with E-state index >= 15 is 0 Å². The van der Waals surface area contributed by atoms with Gasteiger partial charge < -0.3 is 20.3 Å². The first kappa shape index (κ1) is 13.7. The van der Waals surface area contributed by atoms with Crippen molar-refractivity contribution in [2.24, 2.45) is 0 Å². The zero-order valence-corrected chi connectivity index (χ0v) is 11.6. The lowest BCUT2D eigenvalue weighted by molar-refractivity contribution is 0.0601. The molecule has 1 heterocycles. The van der Waals surface area contributed by atoms with Gasteiger partial charge in [0.2, 0.25) is 0 Å². The van der Waals surface area contributed by atoms with Crippen LogP contribution in [0.5, 0.6) is 0 Å². The zero-order valence-electron chi connectivity index (χ0n) is 11.6. The molecule has 0 unspecified atom stereocenters. The smallest absolute Gasteiger partial charge is 0.340 e. The quantitative estimate of drug-likeness (QED) is 0.642. The zero-order chi connectivity index (χ0) is 13.8. The van der Waals surface area contributed by atoms with Crippen molar-refractivity contribution in [3.05, 3.63) is 23.8 Å². The highest BCUT2D eigenvalue weighted by atomic mass is 16.5. The van der Waals surface area contributed by atoms with Crippen LogP contribution in [-0.4, -0.2) is 51.2 Å². The predicted octanol–water partition coefficient (Wildman–Crippen LogP) is 1.20. The van der Waals surface area contributed by atoms with Crippen LogP contribution in [0.2, 0.25) is 0 Å². The van der Waals surface area contributed by atoms with E-state index in [9.17, 15) is 4.79 Å². The topological polar surface area (TPSA) is 58.8 Å². The molecular formula is C14H21N3O2. The lowest BCUT2D eigenvalue weighted by Gasteiger charge is -2.25. The van der Waals surface area contributed by atoms with Crippen LogP contribution in [0.25, 0.3) is 0 Å². The maximum absolute atomic E-state index is 11.9. The first-order valence-corrected chi connectivity index (χ1v) is 6.53. The van der Waals surface area contributed by atoms with E-state index in [1.54, 1.807) is 6.07 Å². The molecule has 19 heavy (non-hydrogen) atoms. The van der Waals surface area contributed by atoms with Crippen molar-refractivity contribution in [3.63, 3.8) is 0 Å².